The lowest BCUT2D eigenvalue weighted by atomic mass is 10.3. The molecule has 0 amide bonds. The summed E-state index contributed by atoms with van der Waals surface area (Å²) in [6, 6.07) is 3.88. The van der Waals surface area contributed by atoms with Crippen LogP contribution in [-0.2, 0) is 13.1 Å². The van der Waals surface area contributed by atoms with Crippen LogP contribution in [0, 0.1) is 13.8 Å². The van der Waals surface area contributed by atoms with Gasteiger partial charge in [-0.1, -0.05) is 0 Å². The molecule has 102 valence electrons. The lowest BCUT2D eigenvalue weighted by molar-refractivity contribution is 0.412. The topological polar surface area (TPSA) is 52.0 Å². The number of pyridine rings is 1. The molecular formula is C14H20N4O. The fourth-order valence-corrected chi connectivity index (χ4v) is 1.91. The number of ether oxygens (including phenoxy) is 1. The normalized spacial score (nSPS) is 10.7. The Kier molecular flexibility index (Phi) is 4.52. The van der Waals surface area contributed by atoms with E-state index in [1.165, 1.54) is 5.56 Å². The van der Waals surface area contributed by atoms with Crippen molar-refractivity contribution in [2.75, 3.05) is 13.7 Å². The third-order valence-electron chi connectivity index (χ3n) is 2.80. The van der Waals surface area contributed by atoms with E-state index >= 15 is 0 Å². The Morgan fingerprint density at radius 2 is 2.16 bits per heavy atom. The second kappa shape index (κ2) is 6.33. The van der Waals surface area contributed by atoms with Crippen molar-refractivity contribution in [3.8, 4) is 5.75 Å². The van der Waals surface area contributed by atoms with Gasteiger partial charge >= 0.3 is 0 Å². The van der Waals surface area contributed by atoms with Crippen LogP contribution in [0.5, 0.6) is 5.75 Å². The van der Waals surface area contributed by atoms with Crippen molar-refractivity contribution in [3.05, 3.63) is 41.5 Å². The third kappa shape index (κ3) is 4.06. The Hall–Kier alpha value is -1.88. The van der Waals surface area contributed by atoms with E-state index in [1.807, 2.05) is 43.1 Å². The molecular weight excluding hydrogens is 240 g/mol. The number of hydrogen-bond donors (Lipinski definition) is 1. The van der Waals surface area contributed by atoms with E-state index < -0.39 is 0 Å². The lowest BCUT2D eigenvalue weighted by Crippen LogP contribution is -2.20. The monoisotopic (exact) mass is 260 g/mol. The van der Waals surface area contributed by atoms with Gasteiger partial charge in [0.1, 0.15) is 5.75 Å². The minimum atomic E-state index is 0.734. The Labute approximate surface area is 113 Å². The van der Waals surface area contributed by atoms with Crippen LogP contribution in [0.1, 0.15) is 17.0 Å². The predicted molar refractivity (Wildman–Crippen MR) is 74.2 cm³/mol. The summed E-state index contributed by atoms with van der Waals surface area (Å²) >= 11 is 0. The molecule has 0 bridgehead atoms. The molecule has 19 heavy (non-hydrogen) atoms. The van der Waals surface area contributed by atoms with Crippen molar-refractivity contribution in [2.45, 2.75) is 26.9 Å². The SMILES string of the molecule is COc1cc(C)nc(CNCCn2cc(C)cn2)c1. The lowest BCUT2D eigenvalue weighted by Gasteiger charge is -2.07. The van der Waals surface area contributed by atoms with Gasteiger partial charge in [0.15, 0.2) is 0 Å². The Morgan fingerprint density at radius 3 is 2.84 bits per heavy atom. The molecule has 0 aliphatic rings. The van der Waals surface area contributed by atoms with Gasteiger partial charge in [-0.05, 0) is 19.4 Å². The van der Waals surface area contributed by atoms with Crippen molar-refractivity contribution in [2.24, 2.45) is 0 Å². The average molecular weight is 260 g/mol. The van der Waals surface area contributed by atoms with E-state index in [1.54, 1.807) is 7.11 Å². The summed E-state index contributed by atoms with van der Waals surface area (Å²) in [6.07, 6.45) is 3.91. The van der Waals surface area contributed by atoms with Gasteiger partial charge in [-0.25, -0.2) is 0 Å². The van der Waals surface area contributed by atoms with Crippen LogP contribution in [0.3, 0.4) is 0 Å². The molecule has 0 radical (unpaired) electrons. The van der Waals surface area contributed by atoms with Crippen LogP contribution < -0.4 is 10.1 Å². The second-order valence-corrected chi connectivity index (χ2v) is 4.60. The van der Waals surface area contributed by atoms with Crippen LogP contribution in [0.25, 0.3) is 0 Å². The smallest absolute Gasteiger partial charge is 0.122 e. The molecule has 0 fully saturated rings. The van der Waals surface area contributed by atoms with E-state index in [0.717, 1.165) is 36.8 Å². The van der Waals surface area contributed by atoms with Crippen molar-refractivity contribution >= 4 is 0 Å². The number of methoxy groups -OCH3 is 1. The van der Waals surface area contributed by atoms with Crippen molar-refractivity contribution < 1.29 is 4.74 Å². The highest BCUT2D eigenvalue weighted by Crippen LogP contribution is 2.12. The molecule has 0 unspecified atom stereocenters. The maximum atomic E-state index is 5.23. The second-order valence-electron chi connectivity index (χ2n) is 4.60. The van der Waals surface area contributed by atoms with Crippen LogP contribution in [0.4, 0.5) is 0 Å². The van der Waals surface area contributed by atoms with Crippen LogP contribution >= 0.6 is 0 Å². The van der Waals surface area contributed by atoms with E-state index in [2.05, 4.69) is 15.4 Å². The molecule has 5 heteroatoms. The minimum absolute atomic E-state index is 0.734. The number of rotatable bonds is 6. The Morgan fingerprint density at radius 1 is 1.32 bits per heavy atom. The first kappa shape index (κ1) is 13.5. The zero-order valence-corrected chi connectivity index (χ0v) is 11.7. The first-order chi connectivity index (χ1) is 9.17. The maximum Gasteiger partial charge on any atom is 0.122 e. The molecule has 5 nitrogen and oxygen atoms in total. The molecule has 0 atom stereocenters. The Bertz CT molecular complexity index is 536. The van der Waals surface area contributed by atoms with Crippen molar-refractivity contribution in [3.63, 3.8) is 0 Å². The molecule has 2 rings (SSSR count). The highest BCUT2D eigenvalue weighted by atomic mass is 16.5. The molecule has 0 aliphatic heterocycles. The first-order valence-corrected chi connectivity index (χ1v) is 6.38. The summed E-state index contributed by atoms with van der Waals surface area (Å²) in [5.41, 5.74) is 3.15. The van der Waals surface area contributed by atoms with Gasteiger partial charge < -0.3 is 10.1 Å². The minimum Gasteiger partial charge on any atom is -0.497 e. The standard InChI is InChI=1S/C14H20N4O/c1-11-8-16-18(10-11)5-4-15-9-13-7-14(19-3)6-12(2)17-13/h6-8,10,15H,4-5,9H2,1-3H3. The summed E-state index contributed by atoms with van der Waals surface area (Å²) in [5, 5.41) is 7.60. The third-order valence-corrected chi connectivity index (χ3v) is 2.80. The fraction of sp³-hybridized carbons (Fsp3) is 0.429. The largest absolute Gasteiger partial charge is 0.497 e. The van der Waals surface area contributed by atoms with Gasteiger partial charge in [0, 0.05) is 37.1 Å². The number of nitrogens with zero attached hydrogens (tertiary/aromatic N) is 3. The van der Waals surface area contributed by atoms with Gasteiger partial charge in [-0.15, -0.1) is 0 Å². The van der Waals surface area contributed by atoms with E-state index in [0.29, 0.717) is 0 Å². The van der Waals surface area contributed by atoms with Crippen molar-refractivity contribution in [1.82, 2.24) is 20.1 Å². The molecule has 0 spiro atoms. The highest BCUT2D eigenvalue weighted by molar-refractivity contribution is 5.26. The van der Waals surface area contributed by atoms with Crippen LogP contribution in [0.2, 0.25) is 0 Å². The zero-order chi connectivity index (χ0) is 13.7. The molecule has 0 aliphatic carbocycles. The van der Waals surface area contributed by atoms with Gasteiger partial charge in [0.2, 0.25) is 0 Å². The average Bonchev–Trinajstić information content (AvgIpc) is 2.80. The zero-order valence-electron chi connectivity index (χ0n) is 11.7. The fourth-order valence-electron chi connectivity index (χ4n) is 1.91. The van der Waals surface area contributed by atoms with Crippen LogP contribution in [-0.4, -0.2) is 28.4 Å². The predicted octanol–water partition coefficient (Wildman–Crippen LogP) is 1.69. The first-order valence-electron chi connectivity index (χ1n) is 6.38. The molecule has 1 N–H and O–H groups in total. The van der Waals surface area contributed by atoms with Crippen LogP contribution in [0.15, 0.2) is 24.5 Å². The number of aromatic nitrogens is 3. The molecule has 0 saturated carbocycles. The van der Waals surface area contributed by atoms with E-state index in [4.69, 9.17) is 4.74 Å². The summed E-state index contributed by atoms with van der Waals surface area (Å²) in [7, 11) is 1.67. The van der Waals surface area contributed by atoms with Gasteiger partial charge in [-0.3, -0.25) is 9.67 Å². The van der Waals surface area contributed by atoms with Gasteiger partial charge in [0.25, 0.3) is 0 Å². The summed E-state index contributed by atoms with van der Waals surface area (Å²) in [5.74, 6) is 0.854. The quantitative estimate of drug-likeness (QED) is 0.803. The molecule has 2 heterocycles. The summed E-state index contributed by atoms with van der Waals surface area (Å²) in [6.45, 7) is 6.46. The number of nitrogens with one attached hydrogen (secondary N) is 1. The molecule has 0 aromatic carbocycles. The van der Waals surface area contributed by atoms with Crippen molar-refractivity contribution in [1.29, 1.82) is 0 Å². The molecule has 2 aromatic heterocycles. The molecule has 0 saturated heterocycles. The van der Waals surface area contributed by atoms with Gasteiger partial charge in [0.05, 0.1) is 25.5 Å². The molecule has 2 aromatic rings. The Balaban J connectivity index is 1.80. The number of aryl methyl sites for hydroxylation is 2. The van der Waals surface area contributed by atoms with Gasteiger partial charge in [-0.2, -0.15) is 5.10 Å². The van der Waals surface area contributed by atoms with E-state index in [9.17, 15) is 0 Å². The highest BCUT2D eigenvalue weighted by Gasteiger charge is 2.00. The van der Waals surface area contributed by atoms with E-state index in [-0.39, 0.29) is 0 Å². The summed E-state index contributed by atoms with van der Waals surface area (Å²) in [4.78, 5) is 4.47. The number of hydrogen-bond acceptors (Lipinski definition) is 4. The maximum absolute atomic E-state index is 5.23. The summed E-state index contributed by atoms with van der Waals surface area (Å²) < 4.78 is 7.17.